The van der Waals surface area contributed by atoms with Crippen LogP contribution in [-0.4, -0.2) is 17.7 Å². The first-order chi connectivity index (χ1) is 8.77. The third-order valence-corrected chi connectivity index (χ3v) is 4.23. The van der Waals surface area contributed by atoms with Crippen molar-refractivity contribution in [3.05, 3.63) is 29.3 Å². The first-order valence-corrected chi connectivity index (χ1v) is 6.75. The molecule has 0 spiro atoms. The number of para-hydroxylation sites is 1. The summed E-state index contributed by atoms with van der Waals surface area (Å²) in [4.78, 5) is 11.4. The molecule has 0 radical (unpaired) electrons. The van der Waals surface area contributed by atoms with Crippen molar-refractivity contribution in [2.45, 2.75) is 38.0 Å². The van der Waals surface area contributed by atoms with Crippen molar-refractivity contribution in [2.24, 2.45) is 5.92 Å². The molecule has 2 aliphatic rings. The molecule has 1 aliphatic carbocycles. The molecule has 18 heavy (non-hydrogen) atoms. The Hall–Kier alpha value is -1.51. The van der Waals surface area contributed by atoms with Gasteiger partial charge in [-0.25, -0.2) is 0 Å². The molecule has 1 heterocycles. The number of rotatable bonds is 2. The number of benzene rings is 1. The smallest absolute Gasteiger partial charge is 0.307 e. The average molecular weight is 246 g/mol. The molecule has 0 bridgehead atoms. The summed E-state index contributed by atoms with van der Waals surface area (Å²) in [6.07, 6.45) is 4.87. The van der Waals surface area contributed by atoms with E-state index in [-0.39, 0.29) is 11.8 Å². The van der Waals surface area contributed by atoms with E-state index in [1.165, 1.54) is 5.56 Å². The van der Waals surface area contributed by atoms with Crippen LogP contribution in [0.25, 0.3) is 0 Å². The summed E-state index contributed by atoms with van der Waals surface area (Å²) in [7, 11) is 0. The van der Waals surface area contributed by atoms with Gasteiger partial charge in [0.15, 0.2) is 0 Å². The zero-order valence-electron chi connectivity index (χ0n) is 10.4. The maximum atomic E-state index is 11.4. The first-order valence-electron chi connectivity index (χ1n) is 6.75. The molecular formula is C15H18O3. The summed E-state index contributed by atoms with van der Waals surface area (Å²) < 4.78 is 5.72. The van der Waals surface area contributed by atoms with E-state index in [0.29, 0.717) is 0 Å². The first kappa shape index (κ1) is 11.6. The van der Waals surface area contributed by atoms with Crippen LogP contribution in [0.3, 0.4) is 0 Å². The van der Waals surface area contributed by atoms with E-state index in [1.54, 1.807) is 0 Å². The Labute approximate surface area is 107 Å². The predicted octanol–water partition coefficient (Wildman–Crippen LogP) is 2.98. The van der Waals surface area contributed by atoms with Crippen LogP contribution in [0, 0.1) is 5.92 Å². The van der Waals surface area contributed by atoms with E-state index in [2.05, 4.69) is 12.1 Å². The van der Waals surface area contributed by atoms with Gasteiger partial charge in [0.05, 0.1) is 12.5 Å². The molecule has 0 amide bonds. The van der Waals surface area contributed by atoms with E-state index >= 15 is 0 Å². The Morgan fingerprint density at radius 2 is 2.11 bits per heavy atom. The van der Waals surface area contributed by atoms with Gasteiger partial charge in [0.2, 0.25) is 0 Å². The van der Waals surface area contributed by atoms with Crippen molar-refractivity contribution in [1.29, 1.82) is 0 Å². The van der Waals surface area contributed by atoms with Crippen molar-refractivity contribution in [3.8, 4) is 5.75 Å². The minimum atomic E-state index is -0.657. The Bertz CT molecular complexity index is 467. The molecule has 1 aliphatic heterocycles. The number of carbonyl (C=O) groups is 1. The minimum Gasteiger partial charge on any atom is -0.493 e. The van der Waals surface area contributed by atoms with Gasteiger partial charge in [0.25, 0.3) is 0 Å². The highest BCUT2D eigenvalue weighted by Gasteiger charge is 2.34. The monoisotopic (exact) mass is 246 g/mol. The maximum Gasteiger partial charge on any atom is 0.307 e. The summed E-state index contributed by atoms with van der Waals surface area (Å²) in [6, 6.07) is 6.18. The fourth-order valence-electron chi connectivity index (χ4n) is 3.33. The van der Waals surface area contributed by atoms with Gasteiger partial charge in [-0.05, 0) is 24.0 Å². The SMILES string of the molecule is O=C(O)C1CCCCC1c1cccc2c1OCC2. The van der Waals surface area contributed by atoms with Crippen molar-refractivity contribution in [2.75, 3.05) is 6.61 Å². The second-order valence-electron chi connectivity index (χ2n) is 5.27. The summed E-state index contributed by atoms with van der Waals surface area (Å²) in [6.45, 7) is 0.733. The van der Waals surface area contributed by atoms with Crippen LogP contribution in [0.1, 0.15) is 42.7 Å². The van der Waals surface area contributed by atoms with E-state index in [9.17, 15) is 9.90 Å². The minimum absolute atomic E-state index is 0.129. The molecule has 0 saturated heterocycles. The molecule has 1 aromatic rings. The highest BCUT2D eigenvalue weighted by atomic mass is 16.5. The van der Waals surface area contributed by atoms with E-state index in [1.807, 2.05) is 6.07 Å². The second-order valence-corrected chi connectivity index (χ2v) is 5.27. The van der Waals surface area contributed by atoms with Crippen LogP contribution >= 0.6 is 0 Å². The highest BCUT2D eigenvalue weighted by molar-refractivity contribution is 5.72. The number of ether oxygens (including phenoxy) is 1. The molecule has 1 aromatic carbocycles. The number of hydrogen-bond donors (Lipinski definition) is 1. The highest BCUT2D eigenvalue weighted by Crippen LogP contribution is 2.44. The van der Waals surface area contributed by atoms with Crippen LogP contribution < -0.4 is 4.74 Å². The van der Waals surface area contributed by atoms with Crippen LogP contribution in [0.4, 0.5) is 0 Å². The zero-order valence-corrected chi connectivity index (χ0v) is 10.4. The van der Waals surface area contributed by atoms with Gasteiger partial charge >= 0.3 is 5.97 Å². The van der Waals surface area contributed by atoms with Crippen LogP contribution in [0.2, 0.25) is 0 Å². The van der Waals surface area contributed by atoms with Crippen LogP contribution in [0.5, 0.6) is 5.75 Å². The molecular weight excluding hydrogens is 228 g/mol. The second kappa shape index (κ2) is 4.63. The quantitative estimate of drug-likeness (QED) is 0.872. The maximum absolute atomic E-state index is 11.4. The molecule has 1 saturated carbocycles. The lowest BCUT2D eigenvalue weighted by Gasteiger charge is -2.29. The normalized spacial score (nSPS) is 26.4. The van der Waals surface area contributed by atoms with Gasteiger partial charge in [-0.3, -0.25) is 4.79 Å². The third-order valence-electron chi connectivity index (χ3n) is 4.23. The van der Waals surface area contributed by atoms with Crippen LogP contribution in [0.15, 0.2) is 18.2 Å². The number of fused-ring (bicyclic) bond motifs is 1. The molecule has 3 heteroatoms. The van der Waals surface area contributed by atoms with Crippen molar-refractivity contribution in [3.63, 3.8) is 0 Å². The number of carboxylic acids is 1. The summed E-state index contributed by atoms with van der Waals surface area (Å²) in [5, 5.41) is 9.38. The van der Waals surface area contributed by atoms with Crippen LogP contribution in [-0.2, 0) is 11.2 Å². The van der Waals surface area contributed by atoms with Gasteiger partial charge < -0.3 is 9.84 Å². The molecule has 3 nitrogen and oxygen atoms in total. The van der Waals surface area contributed by atoms with E-state index in [0.717, 1.165) is 50.0 Å². The van der Waals surface area contributed by atoms with Crippen molar-refractivity contribution >= 4 is 5.97 Å². The summed E-state index contributed by atoms with van der Waals surface area (Å²) >= 11 is 0. The third kappa shape index (κ3) is 1.88. The molecule has 0 aromatic heterocycles. The standard InChI is InChI=1S/C15H18O3/c16-15(17)13-6-2-1-5-11(13)12-7-3-4-10-8-9-18-14(10)12/h3-4,7,11,13H,1-2,5-6,8-9H2,(H,16,17). The molecule has 1 fully saturated rings. The van der Waals surface area contributed by atoms with E-state index in [4.69, 9.17) is 4.74 Å². The number of carboxylic acid groups (broad SMARTS) is 1. The van der Waals surface area contributed by atoms with Gasteiger partial charge in [0, 0.05) is 12.3 Å². The molecule has 1 N–H and O–H groups in total. The number of aliphatic carboxylic acids is 1. The van der Waals surface area contributed by atoms with Crippen molar-refractivity contribution in [1.82, 2.24) is 0 Å². The Balaban J connectivity index is 1.98. The lowest BCUT2D eigenvalue weighted by atomic mass is 9.75. The van der Waals surface area contributed by atoms with Gasteiger partial charge in [-0.15, -0.1) is 0 Å². The predicted molar refractivity (Wildman–Crippen MR) is 68.0 cm³/mol. The lowest BCUT2D eigenvalue weighted by Crippen LogP contribution is -2.25. The Morgan fingerprint density at radius 1 is 1.28 bits per heavy atom. The molecule has 2 atom stereocenters. The largest absolute Gasteiger partial charge is 0.493 e. The number of hydrogen-bond acceptors (Lipinski definition) is 2. The molecule has 3 rings (SSSR count). The van der Waals surface area contributed by atoms with Crippen molar-refractivity contribution < 1.29 is 14.6 Å². The Kier molecular flexibility index (Phi) is 2.98. The zero-order chi connectivity index (χ0) is 12.5. The van der Waals surface area contributed by atoms with Gasteiger partial charge in [0.1, 0.15) is 5.75 Å². The summed E-state index contributed by atoms with van der Waals surface area (Å²) in [5.74, 6) is 0.199. The topological polar surface area (TPSA) is 46.5 Å². The molecule has 96 valence electrons. The van der Waals surface area contributed by atoms with Gasteiger partial charge in [-0.2, -0.15) is 0 Å². The van der Waals surface area contributed by atoms with Gasteiger partial charge in [-0.1, -0.05) is 31.0 Å². The average Bonchev–Trinajstić information content (AvgIpc) is 2.86. The Morgan fingerprint density at radius 3 is 2.94 bits per heavy atom. The fourth-order valence-corrected chi connectivity index (χ4v) is 3.33. The summed E-state index contributed by atoms with van der Waals surface area (Å²) in [5.41, 5.74) is 2.36. The fraction of sp³-hybridized carbons (Fsp3) is 0.533. The molecule has 2 unspecified atom stereocenters. The lowest BCUT2D eigenvalue weighted by molar-refractivity contribution is -0.143. The van der Waals surface area contributed by atoms with E-state index < -0.39 is 5.97 Å².